The van der Waals surface area contributed by atoms with Crippen LogP contribution in [0.15, 0.2) is 30.5 Å². The van der Waals surface area contributed by atoms with Crippen molar-refractivity contribution >= 4 is 17.5 Å². The Bertz CT molecular complexity index is 679. The third kappa shape index (κ3) is 3.59. The van der Waals surface area contributed by atoms with E-state index in [2.05, 4.69) is 10.4 Å². The second-order valence-electron chi connectivity index (χ2n) is 4.50. The molecule has 0 radical (unpaired) electrons. The van der Waals surface area contributed by atoms with Gasteiger partial charge in [0.1, 0.15) is 5.75 Å². The van der Waals surface area contributed by atoms with Crippen LogP contribution in [-0.4, -0.2) is 28.2 Å². The molecule has 2 amide bonds. The first-order valence-electron chi connectivity index (χ1n) is 6.28. The molecule has 110 valence electrons. The van der Waals surface area contributed by atoms with E-state index in [0.29, 0.717) is 17.0 Å². The van der Waals surface area contributed by atoms with E-state index in [1.807, 2.05) is 6.92 Å². The second kappa shape index (κ2) is 6.08. The Balaban J connectivity index is 2.09. The molecule has 0 aliphatic carbocycles. The van der Waals surface area contributed by atoms with Gasteiger partial charge in [-0.2, -0.15) is 5.10 Å². The summed E-state index contributed by atoms with van der Waals surface area (Å²) >= 11 is 0. The number of hydrogen-bond donors (Lipinski definition) is 2. The maximum atomic E-state index is 12.1. The molecule has 0 spiro atoms. The molecular formula is C14H16N4O3. The molecule has 2 rings (SSSR count). The summed E-state index contributed by atoms with van der Waals surface area (Å²) in [7, 11) is 1.77. The third-order valence-electron chi connectivity index (χ3n) is 2.95. The number of carbonyl (C=O) groups excluding carboxylic acids is 2. The van der Waals surface area contributed by atoms with Crippen molar-refractivity contribution in [3.63, 3.8) is 0 Å². The van der Waals surface area contributed by atoms with Crippen molar-refractivity contribution in [1.82, 2.24) is 9.78 Å². The second-order valence-corrected chi connectivity index (χ2v) is 4.50. The van der Waals surface area contributed by atoms with Gasteiger partial charge in [-0.25, -0.2) is 0 Å². The molecule has 0 fully saturated rings. The number of amides is 2. The van der Waals surface area contributed by atoms with E-state index < -0.39 is 5.91 Å². The number of aryl methyl sites for hydroxylation is 1. The highest BCUT2D eigenvalue weighted by molar-refractivity contribution is 6.04. The van der Waals surface area contributed by atoms with E-state index in [4.69, 9.17) is 10.5 Å². The zero-order valence-electron chi connectivity index (χ0n) is 11.8. The molecule has 0 saturated carbocycles. The molecule has 0 atom stereocenters. The lowest BCUT2D eigenvalue weighted by molar-refractivity contribution is -0.119. The van der Waals surface area contributed by atoms with Crippen LogP contribution < -0.4 is 15.8 Å². The number of aromatic nitrogens is 2. The fraction of sp³-hybridized carbons (Fsp3) is 0.214. The standard InChI is InChI=1S/C14H16N4O3/c1-9-12(7-16-18(9)2)14(20)17-10-4-3-5-11(6-10)21-8-13(15)19/h3-7H,8H2,1-2H3,(H2,15,19)(H,17,20). The number of hydrogen-bond acceptors (Lipinski definition) is 4. The van der Waals surface area contributed by atoms with Gasteiger partial charge in [0.25, 0.3) is 11.8 Å². The van der Waals surface area contributed by atoms with Crippen LogP contribution in [0.4, 0.5) is 5.69 Å². The topological polar surface area (TPSA) is 99.2 Å². The molecule has 3 N–H and O–H groups in total. The van der Waals surface area contributed by atoms with Gasteiger partial charge in [0, 0.05) is 24.5 Å². The molecule has 0 bridgehead atoms. The number of ether oxygens (including phenoxy) is 1. The van der Waals surface area contributed by atoms with Crippen molar-refractivity contribution in [2.24, 2.45) is 12.8 Å². The average molecular weight is 288 g/mol. The summed E-state index contributed by atoms with van der Waals surface area (Å²) in [5, 5.41) is 6.78. The zero-order valence-corrected chi connectivity index (χ0v) is 11.8. The smallest absolute Gasteiger partial charge is 0.259 e. The molecule has 0 unspecified atom stereocenters. The number of carbonyl (C=O) groups is 2. The first kappa shape index (κ1) is 14.6. The largest absolute Gasteiger partial charge is 0.484 e. The molecule has 0 aliphatic heterocycles. The van der Waals surface area contributed by atoms with Gasteiger partial charge >= 0.3 is 0 Å². The van der Waals surface area contributed by atoms with E-state index in [1.165, 1.54) is 6.20 Å². The van der Waals surface area contributed by atoms with E-state index in [9.17, 15) is 9.59 Å². The number of nitrogens with zero attached hydrogens (tertiary/aromatic N) is 2. The Morgan fingerprint density at radius 1 is 1.43 bits per heavy atom. The highest BCUT2D eigenvalue weighted by Gasteiger charge is 2.13. The minimum absolute atomic E-state index is 0.209. The lowest BCUT2D eigenvalue weighted by Crippen LogP contribution is -2.20. The van der Waals surface area contributed by atoms with Gasteiger partial charge in [-0.05, 0) is 19.1 Å². The van der Waals surface area contributed by atoms with Crippen LogP contribution in [0.25, 0.3) is 0 Å². The zero-order chi connectivity index (χ0) is 15.4. The fourth-order valence-corrected chi connectivity index (χ4v) is 1.74. The highest BCUT2D eigenvalue weighted by Crippen LogP contribution is 2.18. The Labute approximate surface area is 121 Å². The lowest BCUT2D eigenvalue weighted by atomic mass is 10.2. The number of benzene rings is 1. The quantitative estimate of drug-likeness (QED) is 0.851. The number of rotatable bonds is 5. The molecule has 2 aromatic rings. The summed E-state index contributed by atoms with van der Waals surface area (Å²) in [5.41, 5.74) is 6.84. The van der Waals surface area contributed by atoms with Crippen LogP contribution in [0.5, 0.6) is 5.75 Å². The number of primary amides is 1. The lowest BCUT2D eigenvalue weighted by Gasteiger charge is -2.08. The molecule has 21 heavy (non-hydrogen) atoms. The Kier molecular flexibility index (Phi) is 4.22. The van der Waals surface area contributed by atoms with Crippen LogP contribution in [0.1, 0.15) is 16.1 Å². The van der Waals surface area contributed by atoms with Crippen LogP contribution in [0.2, 0.25) is 0 Å². The summed E-state index contributed by atoms with van der Waals surface area (Å²) in [6.45, 7) is 1.60. The Morgan fingerprint density at radius 3 is 2.81 bits per heavy atom. The molecule has 1 heterocycles. The molecular weight excluding hydrogens is 272 g/mol. The number of anilines is 1. The predicted molar refractivity (Wildman–Crippen MR) is 77.0 cm³/mol. The molecule has 1 aromatic carbocycles. The molecule has 0 saturated heterocycles. The number of nitrogens with two attached hydrogens (primary N) is 1. The van der Waals surface area contributed by atoms with Gasteiger partial charge in [0.2, 0.25) is 0 Å². The Morgan fingerprint density at radius 2 is 2.19 bits per heavy atom. The first-order chi connectivity index (χ1) is 9.97. The maximum Gasteiger partial charge on any atom is 0.259 e. The average Bonchev–Trinajstić information content (AvgIpc) is 2.77. The summed E-state index contributed by atoms with van der Waals surface area (Å²) in [6, 6.07) is 6.73. The first-order valence-corrected chi connectivity index (χ1v) is 6.28. The Hall–Kier alpha value is -2.83. The molecule has 7 nitrogen and oxygen atoms in total. The minimum atomic E-state index is -0.560. The highest BCUT2D eigenvalue weighted by atomic mass is 16.5. The van der Waals surface area contributed by atoms with Gasteiger partial charge in [-0.15, -0.1) is 0 Å². The van der Waals surface area contributed by atoms with Crippen molar-refractivity contribution in [2.75, 3.05) is 11.9 Å². The van der Waals surface area contributed by atoms with Crippen LogP contribution in [0.3, 0.4) is 0 Å². The fourth-order valence-electron chi connectivity index (χ4n) is 1.74. The van der Waals surface area contributed by atoms with Gasteiger partial charge in [0.05, 0.1) is 11.8 Å². The third-order valence-corrected chi connectivity index (χ3v) is 2.95. The normalized spacial score (nSPS) is 10.2. The van der Waals surface area contributed by atoms with Gasteiger partial charge in [-0.1, -0.05) is 6.07 Å². The maximum absolute atomic E-state index is 12.1. The van der Waals surface area contributed by atoms with Crippen molar-refractivity contribution < 1.29 is 14.3 Å². The van der Waals surface area contributed by atoms with E-state index in [0.717, 1.165) is 5.69 Å². The SMILES string of the molecule is Cc1c(C(=O)Nc2cccc(OCC(N)=O)c2)cnn1C. The van der Waals surface area contributed by atoms with Crippen molar-refractivity contribution in [3.05, 3.63) is 41.7 Å². The monoisotopic (exact) mass is 288 g/mol. The summed E-state index contributed by atoms with van der Waals surface area (Å²) < 4.78 is 6.81. The van der Waals surface area contributed by atoms with Gasteiger partial charge < -0.3 is 15.8 Å². The molecule has 1 aromatic heterocycles. The molecule has 0 aliphatic rings. The summed E-state index contributed by atoms with van der Waals surface area (Å²) in [6.07, 6.45) is 1.51. The van der Waals surface area contributed by atoms with E-state index >= 15 is 0 Å². The molecule has 7 heteroatoms. The van der Waals surface area contributed by atoms with Crippen molar-refractivity contribution in [1.29, 1.82) is 0 Å². The minimum Gasteiger partial charge on any atom is -0.484 e. The van der Waals surface area contributed by atoms with Gasteiger partial charge in [-0.3, -0.25) is 14.3 Å². The van der Waals surface area contributed by atoms with Crippen LogP contribution in [0, 0.1) is 6.92 Å². The number of nitrogens with one attached hydrogen (secondary N) is 1. The predicted octanol–water partition coefficient (Wildman–Crippen LogP) is 0.845. The summed E-state index contributed by atoms with van der Waals surface area (Å²) in [4.78, 5) is 22.8. The summed E-state index contributed by atoms with van der Waals surface area (Å²) in [5.74, 6) is -0.363. The van der Waals surface area contributed by atoms with E-state index in [-0.39, 0.29) is 12.5 Å². The van der Waals surface area contributed by atoms with Crippen LogP contribution >= 0.6 is 0 Å². The van der Waals surface area contributed by atoms with Crippen molar-refractivity contribution in [3.8, 4) is 5.75 Å². The van der Waals surface area contributed by atoms with Crippen LogP contribution in [-0.2, 0) is 11.8 Å². The van der Waals surface area contributed by atoms with Crippen molar-refractivity contribution in [2.45, 2.75) is 6.92 Å². The van der Waals surface area contributed by atoms with E-state index in [1.54, 1.807) is 36.0 Å². The van der Waals surface area contributed by atoms with Gasteiger partial charge in [0.15, 0.2) is 6.61 Å².